The van der Waals surface area contributed by atoms with Crippen LogP contribution in [0.3, 0.4) is 0 Å². The number of phenolic OH excluding ortho intramolecular Hbond substituents is 1. The second kappa shape index (κ2) is 4.74. The van der Waals surface area contributed by atoms with Crippen LogP contribution in [0.2, 0.25) is 0 Å². The van der Waals surface area contributed by atoms with Gasteiger partial charge in [-0.1, -0.05) is 0 Å². The second-order valence-electron chi connectivity index (χ2n) is 3.93. The number of aromatic hydroxyl groups is 1. The van der Waals surface area contributed by atoms with Gasteiger partial charge in [-0.2, -0.15) is 0 Å². The molecule has 0 saturated carbocycles. The average molecular weight is 274 g/mol. The van der Waals surface area contributed by atoms with Gasteiger partial charge < -0.3 is 14.8 Å². The van der Waals surface area contributed by atoms with E-state index in [1.807, 2.05) is 0 Å². The predicted octanol–water partition coefficient (Wildman–Crippen LogP) is 2.52. The van der Waals surface area contributed by atoms with Crippen LogP contribution in [0.1, 0.15) is 15.6 Å². The molecule has 2 heterocycles. The molecular formula is C13H10N2O3S. The molecule has 3 rings (SSSR count). The number of furan rings is 1. The van der Waals surface area contributed by atoms with Gasteiger partial charge in [0, 0.05) is 0 Å². The molecule has 0 spiro atoms. The van der Waals surface area contributed by atoms with Gasteiger partial charge in [-0.25, -0.2) is 4.98 Å². The van der Waals surface area contributed by atoms with E-state index >= 15 is 0 Å². The van der Waals surface area contributed by atoms with Crippen molar-refractivity contribution in [2.45, 2.75) is 6.54 Å². The number of nitrogens with one attached hydrogen (secondary N) is 1. The summed E-state index contributed by atoms with van der Waals surface area (Å²) in [5, 5.41) is 12.5. The molecule has 0 unspecified atom stereocenters. The van der Waals surface area contributed by atoms with Crippen molar-refractivity contribution in [1.82, 2.24) is 10.3 Å². The van der Waals surface area contributed by atoms with Crippen molar-refractivity contribution in [3.05, 3.63) is 47.4 Å². The Bertz CT molecular complexity index is 719. The minimum atomic E-state index is -0.253. The number of thiazole rings is 1. The maximum absolute atomic E-state index is 11.9. The molecule has 1 amide bonds. The quantitative estimate of drug-likeness (QED) is 0.769. The molecule has 96 valence electrons. The van der Waals surface area contributed by atoms with E-state index in [2.05, 4.69) is 10.3 Å². The summed E-state index contributed by atoms with van der Waals surface area (Å²) < 4.78 is 5.91. The fourth-order valence-corrected chi connectivity index (χ4v) is 2.58. The number of aromatic nitrogens is 1. The number of hydrogen-bond acceptors (Lipinski definition) is 5. The van der Waals surface area contributed by atoms with Crippen LogP contribution in [0.5, 0.6) is 5.75 Å². The highest BCUT2D eigenvalue weighted by Crippen LogP contribution is 2.25. The van der Waals surface area contributed by atoms with E-state index < -0.39 is 0 Å². The molecule has 2 N–H and O–H groups in total. The molecule has 0 bridgehead atoms. The molecule has 0 radical (unpaired) electrons. The van der Waals surface area contributed by atoms with Crippen molar-refractivity contribution < 1.29 is 14.3 Å². The van der Waals surface area contributed by atoms with E-state index in [1.54, 1.807) is 36.6 Å². The van der Waals surface area contributed by atoms with Crippen molar-refractivity contribution in [1.29, 1.82) is 0 Å². The van der Waals surface area contributed by atoms with Crippen LogP contribution in [0.4, 0.5) is 0 Å². The highest BCUT2D eigenvalue weighted by Gasteiger charge is 2.12. The van der Waals surface area contributed by atoms with Crippen LogP contribution in [0.15, 0.2) is 41.0 Å². The van der Waals surface area contributed by atoms with Crippen LogP contribution < -0.4 is 5.32 Å². The number of hydrogen-bond donors (Lipinski definition) is 2. The van der Waals surface area contributed by atoms with Gasteiger partial charge in [-0.05, 0) is 30.3 Å². The molecule has 0 fully saturated rings. The highest BCUT2D eigenvalue weighted by molar-refractivity contribution is 7.20. The zero-order valence-corrected chi connectivity index (χ0v) is 10.6. The number of carbonyl (C=O) groups excluding carboxylic acids is 1. The summed E-state index contributed by atoms with van der Waals surface area (Å²) in [5.41, 5.74) is 0.700. The zero-order valence-electron chi connectivity index (χ0n) is 9.79. The first kappa shape index (κ1) is 11.7. The van der Waals surface area contributed by atoms with Crippen molar-refractivity contribution >= 4 is 27.5 Å². The highest BCUT2D eigenvalue weighted by atomic mass is 32.1. The van der Waals surface area contributed by atoms with Gasteiger partial charge >= 0.3 is 0 Å². The SMILES string of the molecule is O=C(NCc1ccco1)c1nc2ccc(O)cc2s1. The Labute approximate surface area is 112 Å². The number of fused-ring (bicyclic) bond motifs is 1. The molecule has 0 aliphatic carbocycles. The van der Waals surface area contributed by atoms with Gasteiger partial charge in [0.25, 0.3) is 5.91 Å². The minimum Gasteiger partial charge on any atom is -0.508 e. The Morgan fingerprint density at radius 2 is 2.32 bits per heavy atom. The van der Waals surface area contributed by atoms with Crippen LogP contribution >= 0.6 is 11.3 Å². The summed E-state index contributed by atoms with van der Waals surface area (Å²) in [7, 11) is 0. The predicted molar refractivity (Wildman–Crippen MR) is 71.2 cm³/mol. The van der Waals surface area contributed by atoms with Gasteiger partial charge in [0.2, 0.25) is 0 Å². The number of carbonyl (C=O) groups is 1. The number of phenols is 1. The average Bonchev–Trinajstić information content (AvgIpc) is 3.04. The second-order valence-corrected chi connectivity index (χ2v) is 4.96. The van der Waals surface area contributed by atoms with Gasteiger partial charge in [0.05, 0.1) is 23.0 Å². The van der Waals surface area contributed by atoms with E-state index in [0.717, 1.165) is 4.70 Å². The van der Waals surface area contributed by atoms with Crippen molar-refractivity contribution in [3.8, 4) is 5.75 Å². The van der Waals surface area contributed by atoms with E-state index in [-0.39, 0.29) is 11.7 Å². The monoisotopic (exact) mass is 274 g/mol. The molecule has 0 atom stereocenters. The summed E-state index contributed by atoms with van der Waals surface area (Å²) in [6.45, 7) is 0.326. The Morgan fingerprint density at radius 3 is 3.11 bits per heavy atom. The smallest absolute Gasteiger partial charge is 0.280 e. The number of nitrogens with zero attached hydrogens (tertiary/aromatic N) is 1. The van der Waals surface area contributed by atoms with Gasteiger partial charge in [0.15, 0.2) is 5.01 Å². The maximum atomic E-state index is 11.9. The van der Waals surface area contributed by atoms with Crippen LogP contribution in [0.25, 0.3) is 10.2 Å². The summed E-state index contributed by atoms with van der Waals surface area (Å²) >= 11 is 1.24. The summed E-state index contributed by atoms with van der Waals surface area (Å²) in [4.78, 5) is 16.1. The number of rotatable bonds is 3. The molecule has 19 heavy (non-hydrogen) atoms. The Morgan fingerprint density at radius 1 is 1.42 bits per heavy atom. The normalized spacial score (nSPS) is 10.7. The lowest BCUT2D eigenvalue weighted by atomic mass is 10.3. The fraction of sp³-hybridized carbons (Fsp3) is 0.0769. The third-order valence-corrected chi connectivity index (χ3v) is 3.59. The number of amides is 1. The van der Waals surface area contributed by atoms with E-state index in [1.165, 1.54) is 11.3 Å². The van der Waals surface area contributed by atoms with Crippen molar-refractivity contribution in [2.24, 2.45) is 0 Å². The molecule has 6 heteroatoms. The first-order valence-electron chi connectivity index (χ1n) is 5.62. The Hall–Kier alpha value is -2.34. The third kappa shape index (κ3) is 2.43. The molecule has 3 aromatic rings. The van der Waals surface area contributed by atoms with Crippen LogP contribution in [0, 0.1) is 0 Å². The van der Waals surface area contributed by atoms with Crippen molar-refractivity contribution in [3.63, 3.8) is 0 Å². The first-order valence-corrected chi connectivity index (χ1v) is 6.44. The Balaban J connectivity index is 1.77. The standard InChI is InChI=1S/C13H10N2O3S/c16-8-3-4-10-11(6-8)19-13(15-10)12(17)14-7-9-2-1-5-18-9/h1-6,16H,7H2,(H,14,17). The Kier molecular flexibility index (Phi) is 2.92. The van der Waals surface area contributed by atoms with Gasteiger partial charge in [0.1, 0.15) is 11.5 Å². The van der Waals surface area contributed by atoms with Gasteiger partial charge in [-0.3, -0.25) is 4.79 Å². The zero-order chi connectivity index (χ0) is 13.2. The molecule has 0 aliphatic heterocycles. The fourth-order valence-electron chi connectivity index (χ4n) is 1.67. The van der Waals surface area contributed by atoms with E-state index in [9.17, 15) is 9.90 Å². The lowest BCUT2D eigenvalue weighted by Crippen LogP contribution is -2.22. The molecule has 0 aliphatic rings. The molecular weight excluding hydrogens is 264 g/mol. The lowest BCUT2D eigenvalue weighted by Gasteiger charge is -1.98. The van der Waals surface area contributed by atoms with Gasteiger partial charge in [-0.15, -0.1) is 11.3 Å². The van der Waals surface area contributed by atoms with E-state index in [0.29, 0.717) is 22.8 Å². The largest absolute Gasteiger partial charge is 0.508 e. The van der Waals surface area contributed by atoms with E-state index in [4.69, 9.17) is 4.42 Å². The van der Waals surface area contributed by atoms with Crippen LogP contribution in [-0.2, 0) is 6.54 Å². The molecule has 1 aromatic carbocycles. The lowest BCUT2D eigenvalue weighted by molar-refractivity contribution is 0.0948. The number of benzene rings is 1. The van der Waals surface area contributed by atoms with Crippen molar-refractivity contribution in [2.75, 3.05) is 0 Å². The summed E-state index contributed by atoms with van der Waals surface area (Å²) in [6, 6.07) is 8.38. The minimum absolute atomic E-state index is 0.165. The maximum Gasteiger partial charge on any atom is 0.280 e. The first-order chi connectivity index (χ1) is 9.22. The molecule has 0 saturated heterocycles. The third-order valence-electron chi connectivity index (χ3n) is 2.57. The summed E-state index contributed by atoms with van der Waals surface area (Å²) in [6.07, 6.45) is 1.56. The molecule has 5 nitrogen and oxygen atoms in total. The molecule has 2 aromatic heterocycles. The van der Waals surface area contributed by atoms with Crippen LogP contribution in [-0.4, -0.2) is 16.0 Å². The summed E-state index contributed by atoms with van der Waals surface area (Å²) in [5.74, 6) is 0.600. The topological polar surface area (TPSA) is 75.4 Å².